The maximum absolute atomic E-state index is 12.5. The van der Waals surface area contributed by atoms with Gasteiger partial charge in [-0.25, -0.2) is 9.18 Å². The van der Waals surface area contributed by atoms with Crippen LogP contribution in [0.15, 0.2) is 24.3 Å². The van der Waals surface area contributed by atoms with Gasteiger partial charge in [-0.05, 0) is 30.0 Å². The molecule has 2 atom stereocenters. The van der Waals surface area contributed by atoms with Gasteiger partial charge in [-0.1, -0.05) is 32.9 Å². The third-order valence-electron chi connectivity index (χ3n) is 3.17. The monoisotopic (exact) mass is 311 g/mol. The van der Waals surface area contributed by atoms with Crippen molar-refractivity contribution in [1.29, 1.82) is 0 Å². The van der Waals surface area contributed by atoms with Crippen molar-refractivity contribution in [2.75, 3.05) is 6.67 Å². The molecule has 2 unspecified atom stereocenters. The molecule has 0 fully saturated rings. The molecule has 0 saturated heterocycles. The Morgan fingerprint density at radius 3 is 2.23 bits per heavy atom. The molecule has 2 N–H and O–H groups in total. The highest BCUT2D eigenvalue weighted by Crippen LogP contribution is 2.24. The van der Waals surface area contributed by atoms with Gasteiger partial charge in [-0.2, -0.15) is 0 Å². The van der Waals surface area contributed by atoms with Gasteiger partial charge in [0, 0.05) is 0 Å². The van der Waals surface area contributed by atoms with Crippen LogP contribution >= 0.6 is 0 Å². The average Bonchev–Trinajstić information content (AvgIpc) is 2.43. The molecule has 0 aliphatic rings. The zero-order chi connectivity index (χ0) is 16.9. The second-order valence-electron chi connectivity index (χ2n) is 6.09. The summed E-state index contributed by atoms with van der Waals surface area (Å²) in [6, 6.07) is 5.74. The summed E-state index contributed by atoms with van der Waals surface area (Å²) in [5.74, 6) is -1.61. The molecule has 0 spiro atoms. The zero-order valence-corrected chi connectivity index (χ0v) is 13.2. The number of rotatable bonds is 6. The van der Waals surface area contributed by atoms with E-state index in [0.29, 0.717) is 5.75 Å². The fourth-order valence-electron chi connectivity index (χ4n) is 1.75. The van der Waals surface area contributed by atoms with E-state index in [0.717, 1.165) is 5.56 Å². The van der Waals surface area contributed by atoms with Crippen LogP contribution in [0.1, 0.15) is 33.3 Å². The number of hydrogen-bond donors (Lipinski definition) is 2. The molecule has 0 aromatic heterocycles. The molecule has 0 saturated carbocycles. The van der Waals surface area contributed by atoms with E-state index in [9.17, 15) is 14.0 Å². The number of carboxylic acids is 1. The number of ether oxygens (including phenoxy) is 1. The number of carbonyl (C=O) groups is 2. The Kier molecular flexibility index (Phi) is 5.91. The minimum absolute atomic E-state index is 0.0113. The topological polar surface area (TPSA) is 75.6 Å². The van der Waals surface area contributed by atoms with Gasteiger partial charge in [-0.3, -0.25) is 4.79 Å². The third-order valence-corrected chi connectivity index (χ3v) is 3.17. The fraction of sp³-hybridized carbons (Fsp3) is 0.500. The van der Waals surface area contributed by atoms with Crippen LogP contribution in [0.4, 0.5) is 4.39 Å². The van der Waals surface area contributed by atoms with E-state index in [2.05, 4.69) is 26.1 Å². The van der Waals surface area contributed by atoms with Crippen LogP contribution in [0.25, 0.3) is 0 Å². The lowest BCUT2D eigenvalue weighted by molar-refractivity contribution is -0.143. The molecule has 0 aliphatic heterocycles. The molecule has 1 aromatic carbocycles. The largest absolute Gasteiger partial charge is 0.481 e. The number of benzene rings is 1. The second-order valence-corrected chi connectivity index (χ2v) is 6.09. The number of halogens is 1. The Labute approximate surface area is 129 Å². The van der Waals surface area contributed by atoms with Crippen LogP contribution in [0.5, 0.6) is 5.75 Å². The molecule has 0 aliphatic carbocycles. The average molecular weight is 311 g/mol. The van der Waals surface area contributed by atoms with Crippen LogP contribution in [0, 0.1) is 0 Å². The van der Waals surface area contributed by atoms with Crippen molar-refractivity contribution in [1.82, 2.24) is 5.32 Å². The minimum Gasteiger partial charge on any atom is -0.481 e. The van der Waals surface area contributed by atoms with E-state index >= 15 is 0 Å². The van der Waals surface area contributed by atoms with Gasteiger partial charge in [0.1, 0.15) is 12.4 Å². The van der Waals surface area contributed by atoms with Crippen LogP contribution in [0.2, 0.25) is 0 Å². The number of amides is 1. The molecule has 5 nitrogen and oxygen atoms in total. The van der Waals surface area contributed by atoms with Crippen LogP contribution in [0.3, 0.4) is 0 Å². The summed E-state index contributed by atoms with van der Waals surface area (Å²) >= 11 is 0. The quantitative estimate of drug-likeness (QED) is 0.845. The normalized spacial score (nSPS) is 14.0. The Morgan fingerprint density at radius 1 is 1.27 bits per heavy atom. The second kappa shape index (κ2) is 7.24. The summed E-state index contributed by atoms with van der Waals surface area (Å²) < 4.78 is 17.9. The lowest BCUT2D eigenvalue weighted by Crippen LogP contribution is -2.47. The standard InChI is InChI=1S/C16H22FNO4/c1-10(14(19)18-13(9-17)15(20)21)22-12-7-5-11(6-8-12)16(2,3)4/h5-8,10,13H,9H2,1-4H3,(H,18,19)(H,20,21). The Balaban J connectivity index is 2.66. The zero-order valence-electron chi connectivity index (χ0n) is 13.2. The maximum atomic E-state index is 12.5. The number of carboxylic acid groups (broad SMARTS) is 1. The van der Waals surface area contributed by atoms with E-state index in [4.69, 9.17) is 9.84 Å². The summed E-state index contributed by atoms with van der Waals surface area (Å²) in [6.07, 6.45) is -0.922. The van der Waals surface area contributed by atoms with Crippen LogP contribution in [-0.4, -0.2) is 35.8 Å². The molecule has 6 heteroatoms. The van der Waals surface area contributed by atoms with Crippen molar-refractivity contribution in [3.8, 4) is 5.75 Å². The molecule has 0 bridgehead atoms. The van der Waals surface area contributed by atoms with Crippen molar-refractivity contribution in [3.63, 3.8) is 0 Å². The predicted octanol–water partition coefficient (Wildman–Crippen LogP) is 2.29. The molecule has 1 amide bonds. The van der Waals surface area contributed by atoms with Gasteiger partial charge in [0.25, 0.3) is 5.91 Å². The number of carbonyl (C=O) groups excluding carboxylic acids is 1. The first-order chi connectivity index (χ1) is 10.1. The fourth-order valence-corrected chi connectivity index (χ4v) is 1.75. The summed E-state index contributed by atoms with van der Waals surface area (Å²) in [4.78, 5) is 22.5. The summed E-state index contributed by atoms with van der Waals surface area (Å²) in [5, 5.41) is 10.8. The van der Waals surface area contributed by atoms with Gasteiger partial charge in [-0.15, -0.1) is 0 Å². The highest BCUT2D eigenvalue weighted by atomic mass is 19.1. The van der Waals surface area contributed by atoms with Crippen LogP contribution < -0.4 is 10.1 Å². The molecule has 0 heterocycles. The van der Waals surface area contributed by atoms with Gasteiger partial charge >= 0.3 is 5.97 Å². The Morgan fingerprint density at radius 2 is 1.82 bits per heavy atom. The maximum Gasteiger partial charge on any atom is 0.328 e. The van der Waals surface area contributed by atoms with E-state index in [-0.39, 0.29) is 5.41 Å². The lowest BCUT2D eigenvalue weighted by Gasteiger charge is -2.20. The minimum atomic E-state index is -1.55. The first-order valence-corrected chi connectivity index (χ1v) is 7.01. The molecule has 122 valence electrons. The number of aliphatic carboxylic acids is 1. The highest BCUT2D eigenvalue weighted by molar-refractivity contribution is 5.86. The number of hydrogen-bond acceptors (Lipinski definition) is 3. The van der Waals surface area contributed by atoms with Gasteiger partial charge in [0.05, 0.1) is 0 Å². The Bertz CT molecular complexity index is 522. The molecule has 0 radical (unpaired) electrons. The number of nitrogens with one attached hydrogen (secondary N) is 1. The molecular formula is C16H22FNO4. The van der Waals surface area contributed by atoms with Crippen molar-refractivity contribution in [2.24, 2.45) is 0 Å². The van der Waals surface area contributed by atoms with Gasteiger partial charge in [0.2, 0.25) is 0 Å². The lowest BCUT2D eigenvalue weighted by atomic mass is 9.87. The van der Waals surface area contributed by atoms with Gasteiger partial charge < -0.3 is 15.2 Å². The SMILES string of the molecule is CC(Oc1ccc(C(C)(C)C)cc1)C(=O)NC(CF)C(=O)O. The van der Waals surface area contributed by atoms with Crippen molar-refractivity contribution >= 4 is 11.9 Å². The van der Waals surface area contributed by atoms with Crippen LogP contribution in [-0.2, 0) is 15.0 Å². The first-order valence-electron chi connectivity index (χ1n) is 7.01. The summed E-state index contributed by atoms with van der Waals surface area (Å²) in [5.41, 5.74) is 1.14. The van der Waals surface area contributed by atoms with Crippen molar-refractivity contribution in [2.45, 2.75) is 45.3 Å². The predicted molar refractivity (Wildman–Crippen MR) is 80.8 cm³/mol. The molecule has 1 aromatic rings. The van der Waals surface area contributed by atoms with Gasteiger partial charge in [0.15, 0.2) is 12.1 Å². The van der Waals surface area contributed by atoms with Crippen molar-refractivity contribution in [3.05, 3.63) is 29.8 Å². The summed E-state index contributed by atoms with van der Waals surface area (Å²) in [6.45, 7) is 6.56. The Hall–Kier alpha value is -2.11. The number of alkyl halides is 1. The molecular weight excluding hydrogens is 289 g/mol. The van der Waals surface area contributed by atoms with E-state index < -0.39 is 30.7 Å². The summed E-state index contributed by atoms with van der Waals surface area (Å²) in [7, 11) is 0. The third kappa shape index (κ3) is 5.02. The smallest absolute Gasteiger partial charge is 0.328 e. The van der Waals surface area contributed by atoms with Crippen molar-refractivity contribution < 1.29 is 23.8 Å². The highest BCUT2D eigenvalue weighted by Gasteiger charge is 2.24. The first kappa shape index (κ1) is 17.9. The van der Waals surface area contributed by atoms with E-state index in [1.807, 2.05) is 12.1 Å². The molecule has 1 rings (SSSR count). The van der Waals surface area contributed by atoms with E-state index in [1.54, 1.807) is 12.1 Å². The van der Waals surface area contributed by atoms with E-state index in [1.165, 1.54) is 6.92 Å². The molecule has 22 heavy (non-hydrogen) atoms.